The molecule has 0 aliphatic rings. The Bertz CT molecular complexity index is 1780. The Morgan fingerprint density at radius 3 is 0.789 bits per heavy atom. The third kappa shape index (κ3) is 63.5. The van der Waals surface area contributed by atoms with E-state index >= 15 is 0 Å². The average molecular weight is 1330 g/mol. The number of phosphoric ester groups is 2. The number of esters is 4. The lowest BCUT2D eigenvalue weighted by atomic mass is 9.99. The van der Waals surface area contributed by atoms with Gasteiger partial charge in [0.1, 0.15) is 19.3 Å². The molecule has 0 aromatic heterocycles. The fourth-order valence-corrected chi connectivity index (χ4v) is 12.2. The van der Waals surface area contributed by atoms with Crippen molar-refractivity contribution in [2.75, 3.05) is 39.6 Å². The van der Waals surface area contributed by atoms with Crippen molar-refractivity contribution < 1.29 is 80.2 Å². The van der Waals surface area contributed by atoms with E-state index < -0.39 is 97.5 Å². The highest BCUT2D eigenvalue weighted by Gasteiger charge is 2.30. The fraction of sp³-hybridized carbons (Fsp3) is 0.944. The minimum atomic E-state index is -4.95. The fourth-order valence-electron chi connectivity index (χ4n) is 10.6. The number of unbranched alkanes of at least 4 members (excludes halogenated alkanes) is 33. The van der Waals surface area contributed by atoms with Crippen molar-refractivity contribution in [3.8, 4) is 0 Å². The van der Waals surface area contributed by atoms with Gasteiger partial charge in [0.2, 0.25) is 0 Å². The summed E-state index contributed by atoms with van der Waals surface area (Å²) in [5.74, 6) is 0.880. The predicted molar refractivity (Wildman–Crippen MR) is 363 cm³/mol. The molecule has 0 saturated carbocycles. The van der Waals surface area contributed by atoms with Crippen molar-refractivity contribution in [2.24, 2.45) is 23.7 Å². The van der Waals surface area contributed by atoms with Crippen LogP contribution in [0.2, 0.25) is 0 Å². The van der Waals surface area contributed by atoms with Gasteiger partial charge >= 0.3 is 39.5 Å². The first-order valence-corrected chi connectivity index (χ1v) is 39.7. The SMILES string of the molecule is CCC(C)CCCCCCCCCCCCC(=O)OC[C@H](COP(=O)(O)OCC(O)COP(=O)(O)OC[C@@H](COC(=O)CCCCCCCCCC(C)C)OC(=O)CCCCCCCCCCC(C)C)OC(=O)CCCCCCCCCCCCCCC(C)C. The minimum absolute atomic E-state index is 0.103. The Balaban J connectivity index is 5.26. The van der Waals surface area contributed by atoms with E-state index in [2.05, 4.69) is 55.4 Å². The highest BCUT2D eigenvalue weighted by Crippen LogP contribution is 2.45. The molecule has 0 aliphatic heterocycles. The van der Waals surface area contributed by atoms with Crippen LogP contribution in [0.25, 0.3) is 0 Å². The summed E-state index contributed by atoms with van der Waals surface area (Å²) in [7, 11) is -9.90. The van der Waals surface area contributed by atoms with Gasteiger partial charge in [0.15, 0.2) is 12.2 Å². The number of carbonyl (C=O) groups is 4. The Morgan fingerprint density at radius 1 is 0.311 bits per heavy atom. The van der Waals surface area contributed by atoms with Gasteiger partial charge in [-0.2, -0.15) is 0 Å². The summed E-state index contributed by atoms with van der Waals surface area (Å²) in [4.78, 5) is 72.6. The normalized spacial score (nSPS) is 14.6. The number of aliphatic hydroxyl groups excluding tert-OH is 1. The van der Waals surface area contributed by atoms with Crippen molar-refractivity contribution in [3.05, 3.63) is 0 Å². The number of rotatable bonds is 68. The van der Waals surface area contributed by atoms with E-state index in [1.54, 1.807) is 0 Å². The maximum atomic E-state index is 13.0. The molecule has 534 valence electrons. The third-order valence-corrected chi connectivity index (χ3v) is 18.6. The second kappa shape index (κ2) is 60.7. The van der Waals surface area contributed by atoms with Crippen LogP contribution in [0.15, 0.2) is 0 Å². The van der Waals surface area contributed by atoms with E-state index in [9.17, 15) is 43.2 Å². The van der Waals surface area contributed by atoms with Gasteiger partial charge < -0.3 is 33.8 Å². The number of phosphoric acid groups is 2. The van der Waals surface area contributed by atoms with Gasteiger partial charge in [-0.1, -0.05) is 299 Å². The first-order valence-electron chi connectivity index (χ1n) is 36.7. The predicted octanol–water partition coefficient (Wildman–Crippen LogP) is 20.1. The molecule has 0 rings (SSSR count). The van der Waals surface area contributed by atoms with Crippen LogP contribution in [0.4, 0.5) is 0 Å². The Morgan fingerprint density at radius 2 is 0.533 bits per heavy atom. The Kier molecular flexibility index (Phi) is 59.4. The van der Waals surface area contributed by atoms with Gasteiger partial charge in [0.05, 0.1) is 26.4 Å². The quantitative estimate of drug-likeness (QED) is 0.0222. The lowest BCUT2D eigenvalue weighted by Crippen LogP contribution is -2.30. The van der Waals surface area contributed by atoms with E-state index in [0.29, 0.717) is 31.6 Å². The molecule has 0 amide bonds. The van der Waals surface area contributed by atoms with Crippen LogP contribution in [-0.2, 0) is 65.4 Å². The van der Waals surface area contributed by atoms with Crippen LogP contribution in [0.5, 0.6) is 0 Å². The van der Waals surface area contributed by atoms with E-state index in [0.717, 1.165) is 114 Å². The van der Waals surface area contributed by atoms with Gasteiger partial charge in [-0.3, -0.25) is 37.3 Å². The number of hydrogen-bond acceptors (Lipinski definition) is 15. The summed E-state index contributed by atoms with van der Waals surface area (Å²) in [6.07, 6.45) is 43.1. The Hall–Kier alpha value is -1.94. The highest BCUT2D eigenvalue weighted by atomic mass is 31.2. The van der Waals surface area contributed by atoms with Crippen LogP contribution >= 0.6 is 15.6 Å². The largest absolute Gasteiger partial charge is 0.472 e. The Labute approximate surface area is 549 Å². The van der Waals surface area contributed by atoms with Crippen LogP contribution in [0.3, 0.4) is 0 Å². The molecular weight excluding hydrogens is 1190 g/mol. The summed E-state index contributed by atoms with van der Waals surface area (Å²) in [6, 6.07) is 0. The molecule has 0 bridgehead atoms. The molecule has 0 heterocycles. The van der Waals surface area contributed by atoms with E-state index in [1.807, 2.05) is 0 Å². The third-order valence-electron chi connectivity index (χ3n) is 16.7. The molecule has 0 spiro atoms. The molecule has 3 N–H and O–H groups in total. The zero-order valence-corrected chi connectivity index (χ0v) is 60.6. The summed E-state index contributed by atoms with van der Waals surface area (Å²) < 4.78 is 68.3. The number of ether oxygens (including phenoxy) is 4. The zero-order chi connectivity index (χ0) is 66.8. The molecule has 17 nitrogen and oxygen atoms in total. The van der Waals surface area contributed by atoms with E-state index in [1.165, 1.54) is 148 Å². The van der Waals surface area contributed by atoms with Crippen molar-refractivity contribution in [3.63, 3.8) is 0 Å². The second-order valence-electron chi connectivity index (χ2n) is 27.3. The number of aliphatic hydroxyl groups is 1. The average Bonchev–Trinajstić information content (AvgIpc) is 3.70. The lowest BCUT2D eigenvalue weighted by molar-refractivity contribution is -0.161. The molecule has 0 saturated heterocycles. The van der Waals surface area contributed by atoms with Crippen LogP contribution in [-0.4, -0.2) is 96.7 Å². The van der Waals surface area contributed by atoms with Crippen molar-refractivity contribution in [1.82, 2.24) is 0 Å². The molecule has 0 aromatic rings. The summed E-state index contributed by atoms with van der Waals surface area (Å²) in [5, 5.41) is 10.6. The van der Waals surface area contributed by atoms with Crippen molar-refractivity contribution >= 4 is 39.5 Å². The first kappa shape index (κ1) is 88.1. The molecule has 0 radical (unpaired) electrons. The highest BCUT2D eigenvalue weighted by molar-refractivity contribution is 7.47. The van der Waals surface area contributed by atoms with E-state index in [4.69, 9.17) is 37.0 Å². The smallest absolute Gasteiger partial charge is 0.462 e. The van der Waals surface area contributed by atoms with Gasteiger partial charge in [-0.05, 0) is 49.4 Å². The lowest BCUT2D eigenvalue weighted by Gasteiger charge is -2.21. The standard InChI is InChI=1S/C71H138O17P2/c1-9-64(8)50-42-34-26-17-14-15-18-27-35-43-51-68(73)81-57-66(87-70(75)53-45-37-28-19-13-11-10-12-16-23-31-39-47-61(2)3)59-85-89(77,78)83-55-65(72)56-84-90(79,80)86-60-67(58-82-69(74)52-44-36-30-22-25-33-41-49-63(6)7)88-71(76)54-46-38-29-21-20-24-32-40-48-62(4)5/h61-67,72H,9-60H2,1-8H3,(H,77,78)(H,79,80)/t64?,65?,66-,67-/m1/s1. The number of carbonyl (C=O) groups excluding carboxylic acids is 4. The first-order chi connectivity index (χ1) is 43.1. The maximum Gasteiger partial charge on any atom is 0.472 e. The molecule has 0 aromatic carbocycles. The molecule has 19 heteroatoms. The summed E-state index contributed by atoms with van der Waals surface area (Å²) >= 11 is 0. The van der Waals surface area contributed by atoms with Gasteiger partial charge in [0.25, 0.3) is 0 Å². The van der Waals surface area contributed by atoms with Gasteiger partial charge in [0, 0.05) is 25.7 Å². The molecule has 4 unspecified atom stereocenters. The topological polar surface area (TPSA) is 237 Å². The molecule has 0 fully saturated rings. The zero-order valence-electron chi connectivity index (χ0n) is 58.8. The van der Waals surface area contributed by atoms with Crippen LogP contribution in [0, 0.1) is 23.7 Å². The second-order valence-corrected chi connectivity index (χ2v) is 30.2. The molecule has 90 heavy (non-hydrogen) atoms. The van der Waals surface area contributed by atoms with Crippen molar-refractivity contribution in [2.45, 2.75) is 369 Å². The van der Waals surface area contributed by atoms with Crippen LogP contribution < -0.4 is 0 Å². The molecule has 0 aliphatic carbocycles. The minimum Gasteiger partial charge on any atom is -0.462 e. The summed E-state index contributed by atoms with van der Waals surface area (Å²) in [6.45, 7) is 14.1. The van der Waals surface area contributed by atoms with E-state index in [-0.39, 0.29) is 25.7 Å². The number of hydrogen-bond donors (Lipinski definition) is 3. The molecular formula is C71H138O17P2. The molecule has 6 atom stereocenters. The van der Waals surface area contributed by atoms with Gasteiger partial charge in [-0.25, -0.2) is 9.13 Å². The van der Waals surface area contributed by atoms with Crippen LogP contribution in [0.1, 0.15) is 351 Å². The monoisotopic (exact) mass is 1320 g/mol. The summed E-state index contributed by atoms with van der Waals surface area (Å²) in [5.41, 5.74) is 0. The van der Waals surface area contributed by atoms with Crippen molar-refractivity contribution in [1.29, 1.82) is 0 Å². The van der Waals surface area contributed by atoms with Gasteiger partial charge in [-0.15, -0.1) is 0 Å². The maximum absolute atomic E-state index is 13.0.